The predicted molar refractivity (Wildman–Crippen MR) is 51.4 cm³/mol. The van der Waals surface area contributed by atoms with E-state index in [1.54, 1.807) is 21.1 Å². The van der Waals surface area contributed by atoms with Gasteiger partial charge in [-0.25, -0.2) is 4.21 Å². The molecule has 0 aliphatic rings. The maximum absolute atomic E-state index is 9.99. The van der Waals surface area contributed by atoms with Crippen molar-refractivity contribution in [3.05, 3.63) is 24.5 Å². The predicted octanol–water partition coefficient (Wildman–Crippen LogP) is -0.323. The Labute approximate surface area is 80.7 Å². The highest BCUT2D eigenvalue weighted by molar-refractivity contribution is 7.73. The number of nitrogens with one attached hydrogen (secondary N) is 1. The van der Waals surface area contributed by atoms with Gasteiger partial charge in [0.05, 0.1) is 21.1 Å². The van der Waals surface area contributed by atoms with Crippen LogP contribution in [0.5, 0.6) is 0 Å². The zero-order chi connectivity index (χ0) is 9.61. The summed E-state index contributed by atoms with van der Waals surface area (Å²) in [6.07, 6.45) is 3.75. The summed E-state index contributed by atoms with van der Waals surface area (Å²) < 4.78 is 20.0. The molecule has 1 heterocycles. The molecule has 0 aliphatic heterocycles. The first-order valence-electron chi connectivity index (χ1n) is 3.43. The second kappa shape index (κ2) is 6.79. The fourth-order valence-electron chi connectivity index (χ4n) is 0.278. The second-order valence-electron chi connectivity index (χ2n) is 2.99. The molecular weight excluding hydrogens is 192 g/mol. The van der Waals surface area contributed by atoms with E-state index in [9.17, 15) is 8.76 Å². The van der Waals surface area contributed by atoms with E-state index in [0.717, 1.165) is 0 Å². The van der Waals surface area contributed by atoms with Crippen LogP contribution in [0.1, 0.15) is 0 Å². The number of quaternary nitrogens is 1. The highest BCUT2D eigenvalue weighted by Crippen LogP contribution is 1.90. The smallest absolute Gasteiger partial charge is 0.147 e. The van der Waals surface area contributed by atoms with Gasteiger partial charge in [0.15, 0.2) is 0 Å². The minimum atomic E-state index is -2.00. The number of hydrogen-bond donors (Lipinski definition) is 1. The Morgan fingerprint density at radius 3 is 1.62 bits per heavy atom. The Morgan fingerprint density at radius 1 is 1.23 bits per heavy atom. The lowest BCUT2D eigenvalue weighted by molar-refractivity contribution is -0.739. The van der Waals surface area contributed by atoms with Crippen LogP contribution < -0.4 is 0 Å². The molecule has 78 valence electrons. The first-order valence-corrected chi connectivity index (χ1v) is 4.47. The lowest BCUT2D eigenvalue weighted by atomic mass is 10.7. The molecule has 0 bridgehead atoms. The van der Waals surface area contributed by atoms with Gasteiger partial charge in [0.1, 0.15) is 11.3 Å². The van der Waals surface area contributed by atoms with Gasteiger partial charge in [0, 0.05) is 12.4 Å². The van der Waals surface area contributed by atoms with E-state index in [2.05, 4.69) is 4.98 Å². The van der Waals surface area contributed by atoms with E-state index in [0.29, 0.717) is 0 Å². The zero-order valence-electron chi connectivity index (χ0n) is 7.98. The minimum Gasteiger partial charge on any atom is -0.724 e. The number of hydrogen-bond acceptors (Lipinski definition) is 2. The van der Waals surface area contributed by atoms with Crippen molar-refractivity contribution in [2.24, 2.45) is 0 Å². The third-order valence-corrected chi connectivity index (χ3v) is 1.84. The Kier molecular flexibility index (Phi) is 7.73. The number of rotatable bonds is 1. The van der Waals surface area contributed by atoms with Crippen LogP contribution in [0.4, 0.5) is 0 Å². The summed E-state index contributed by atoms with van der Waals surface area (Å²) in [5.74, 6) is 0. The van der Waals surface area contributed by atoms with E-state index in [1.165, 1.54) is 0 Å². The summed E-state index contributed by atoms with van der Waals surface area (Å²) in [7, 11) is 4.76. The molecule has 5 nitrogen and oxygen atoms in total. The van der Waals surface area contributed by atoms with Crippen LogP contribution in [-0.2, 0) is 11.3 Å². The maximum Gasteiger partial charge on any atom is 0.147 e. The molecule has 0 spiro atoms. The molecule has 6 heteroatoms. The van der Waals surface area contributed by atoms with E-state index >= 15 is 0 Å². The van der Waals surface area contributed by atoms with Crippen molar-refractivity contribution in [1.29, 1.82) is 0 Å². The van der Waals surface area contributed by atoms with Gasteiger partial charge in [-0.3, -0.25) is 3.89 Å². The van der Waals surface area contributed by atoms with Crippen molar-refractivity contribution in [3.8, 4) is 0 Å². The Bertz CT molecular complexity index is 201. The molecule has 13 heavy (non-hydrogen) atoms. The molecular formula is C7H16N2O3S. The normalized spacial score (nSPS) is 12.0. The average molecular weight is 208 g/mol. The van der Waals surface area contributed by atoms with E-state index in [-0.39, 0.29) is 9.36 Å². The topological polar surface area (TPSA) is 87.4 Å². The number of H-pyrrole nitrogens is 1. The molecule has 1 rings (SSSR count). The number of aromatic nitrogens is 1. The van der Waals surface area contributed by atoms with E-state index < -0.39 is 11.3 Å². The van der Waals surface area contributed by atoms with Crippen molar-refractivity contribution in [3.63, 3.8) is 0 Å². The van der Waals surface area contributed by atoms with Gasteiger partial charge in [0.25, 0.3) is 0 Å². The van der Waals surface area contributed by atoms with Crippen LogP contribution in [0.15, 0.2) is 24.5 Å². The fourth-order valence-corrected chi connectivity index (χ4v) is 0.278. The van der Waals surface area contributed by atoms with Crippen molar-refractivity contribution >= 4 is 11.3 Å². The average Bonchev–Trinajstić information content (AvgIpc) is 2.39. The fraction of sp³-hybridized carbons (Fsp3) is 0.429. The van der Waals surface area contributed by atoms with Crippen LogP contribution in [-0.4, -0.2) is 44.3 Å². The van der Waals surface area contributed by atoms with Crippen LogP contribution in [0, 0.1) is 0 Å². The third-order valence-electron chi connectivity index (χ3n) is 0.943. The molecule has 1 aromatic rings. The lowest BCUT2D eigenvalue weighted by Gasteiger charge is -2.23. The van der Waals surface area contributed by atoms with Crippen molar-refractivity contribution < 1.29 is 18.1 Å². The van der Waals surface area contributed by atoms with E-state index in [1.807, 2.05) is 24.5 Å². The largest absolute Gasteiger partial charge is 0.724 e. The first-order chi connectivity index (χ1) is 5.44. The number of nitrogens with zero attached hydrogens (tertiary/aromatic N) is 1. The van der Waals surface area contributed by atoms with Crippen LogP contribution in [0.25, 0.3) is 0 Å². The molecule has 1 aromatic heterocycles. The zero-order valence-corrected chi connectivity index (χ0v) is 8.80. The number of aromatic amines is 1. The lowest BCUT2D eigenvalue weighted by Crippen LogP contribution is -2.35. The van der Waals surface area contributed by atoms with Gasteiger partial charge in [-0.15, -0.1) is 0 Å². The SMILES string of the molecule is C[N+](C)(C)S(=O)[O-].O.c1cc[nH]c1. The van der Waals surface area contributed by atoms with Crippen LogP contribution >= 0.6 is 0 Å². The minimum absolute atomic E-state index is 0. The standard InChI is InChI=1S/C4H5N.C3H9NO2S.H2O/c1-2-4-5-3-1;1-4(2,3)7(5)6;/h1-5H;1-3H3;1H2. The van der Waals surface area contributed by atoms with Gasteiger partial charge < -0.3 is 15.0 Å². The van der Waals surface area contributed by atoms with Crippen molar-refractivity contribution in [2.45, 2.75) is 0 Å². The summed E-state index contributed by atoms with van der Waals surface area (Å²) in [6.45, 7) is 0. The summed E-state index contributed by atoms with van der Waals surface area (Å²) in [4.78, 5) is 2.86. The molecule has 0 amide bonds. The van der Waals surface area contributed by atoms with Crippen molar-refractivity contribution in [2.75, 3.05) is 21.1 Å². The Balaban J connectivity index is 0. The molecule has 0 aliphatic carbocycles. The first kappa shape index (κ1) is 14.8. The second-order valence-corrected chi connectivity index (χ2v) is 4.52. The van der Waals surface area contributed by atoms with Crippen LogP contribution in [0.3, 0.4) is 0 Å². The summed E-state index contributed by atoms with van der Waals surface area (Å²) in [6, 6.07) is 3.89. The third kappa shape index (κ3) is 9.22. The van der Waals surface area contributed by atoms with Gasteiger partial charge in [-0.1, -0.05) is 0 Å². The van der Waals surface area contributed by atoms with Gasteiger partial charge in [-0.2, -0.15) is 0 Å². The summed E-state index contributed by atoms with van der Waals surface area (Å²) in [5, 5.41) is 0. The molecule has 0 fully saturated rings. The maximum atomic E-state index is 9.99. The monoisotopic (exact) mass is 208 g/mol. The molecule has 0 saturated carbocycles. The highest BCUT2D eigenvalue weighted by Gasteiger charge is 2.04. The van der Waals surface area contributed by atoms with Crippen LogP contribution in [0.2, 0.25) is 0 Å². The quantitative estimate of drug-likeness (QED) is 0.506. The van der Waals surface area contributed by atoms with Gasteiger partial charge in [0.2, 0.25) is 0 Å². The molecule has 0 saturated heterocycles. The molecule has 0 radical (unpaired) electrons. The molecule has 1 unspecified atom stereocenters. The van der Waals surface area contributed by atoms with E-state index in [4.69, 9.17) is 0 Å². The highest BCUT2D eigenvalue weighted by atomic mass is 32.2. The molecule has 3 N–H and O–H groups in total. The molecule has 0 aromatic carbocycles. The Morgan fingerprint density at radius 2 is 1.54 bits per heavy atom. The summed E-state index contributed by atoms with van der Waals surface area (Å²) in [5.41, 5.74) is 0. The van der Waals surface area contributed by atoms with Crippen molar-refractivity contribution in [1.82, 2.24) is 4.98 Å². The van der Waals surface area contributed by atoms with Gasteiger partial charge >= 0.3 is 0 Å². The Hall–Kier alpha value is -0.690. The molecule has 1 atom stereocenters. The van der Waals surface area contributed by atoms with Gasteiger partial charge in [-0.05, 0) is 12.1 Å². The summed E-state index contributed by atoms with van der Waals surface area (Å²) >= 11 is -2.00.